The fourth-order valence-electron chi connectivity index (χ4n) is 2.10. The van der Waals surface area contributed by atoms with Crippen LogP contribution in [-0.2, 0) is 6.54 Å². The number of nitrogens with zero attached hydrogens (tertiary/aromatic N) is 1. The fourth-order valence-corrected chi connectivity index (χ4v) is 2.10. The van der Waals surface area contributed by atoms with E-state index in [9.17, 15) is 0 Å². The molecule has 0 aliphatic heterocycles. The summed E-state index contributed by atoms with van der Waals surface area (Å²) >= 11 is 0. The first-order valence-electron chi connectivity index (χ1n) is 5.47. The van der Waals surface area contributed by atoms with E-state index in [0.29, 0.717) is 12.5 Å². The van der Waals surface area contributed by atoms with Gasteiger partial charge in [0.1, 0.15) is 11.3 Å². The largest absolute Gasteiger partial charge is 0.360 e. The molecule has 1 heterocycles. The van der Waals surface area contributed by atoms with Crippen LogP contribution in [0.5, 0.6) is 0 Å². The van der Waals surface area contributed by atoms with Crippen molar-refractivity contribution >= 4 is 10.9 Å². The number of benzene rings is 1. The Bertz CT molecular complexity index is 485. The lowest BCUT2D eigenvalue weighted by Gasteiger charge is -2.22. The van der Waals surface area contributed by atoms with Gasteiger partial charge in [-0.3, -0.25) is 0 Å². The minimum atomic E-state index is 0.557. The Morgan fingerprint density at radius 3 is 2.93 bits per heavy atom. The molecule has 78 valence electrons. The average molecular weight is 202 g/mol. The number of nitrogens with two attached hydrogens (primary N) is 1. The zero-order valence-corrected chi connectivity index (χ0v) is 8.57. The Labute approximate surface area is 88.2 Å². The lowest BCUT2D eigenvalue weighted by Crippen LogP contribution is -2.07. The van der Waals surface area contributed by atoms with Crippen LogP contribution in [0.25, 0.3) is 10.9 Å². The molecule has 0 atom stereocenters. The predicted molar refractivity (Wildman–Crippen MR) is 58.5 cm³/mol. The second-order valence-corrected chi connectivity index (χ2v) is 4.23. The van der Waals surface area contributed by atoms with Crippen molar-refractivity contribution in [3.05, 3.63) is 29.5 Å². The molecule has 1 aliphatic carbocycles. The third-order valence-corrected chi connectivity index (χ3v) is 3.28. The molecule has 2 aromatic rings. The minimum absolute atomic E-state index is 0.557. The maximum Gasteiger partial charge on any atom is 0.147 e. The van der Waals surface area contributed by atoms with Crippen molar-refractivity contribution in [1.29, 1.82) is 0 Å². The minimum Gasteiger partial charge on any atom is -0.360 e. The van der Waals surface area contributed by atoms with E-state index in [2.05, 4.69) is 17.3 Å². The summed E-state index contributed by atoms with van der Waals surface area (Å²) in [6, 6.07) is 6.16. The van der Waals surface area contributed by atoms with Crippen LogP contribution in [0.2, 0.25) is 0 Å². The standard InChI is InChI=1S/C12H14N2O/c13-7-8-4-5-10-11(6-8)14-15-12(10)9-2-1-3-9/h4-6,9H,1-3,7,13H2. The monoisotopic (exact) mass is 202 g/mol. The van der Waals surface area contributed by atoms with Crippen LogP contribution in [0.4, 0.5) is 0 Å². The molecule has 3 heteroatoms. The zero-order chi connectivity index (χ0) is 10.3. The molecule has 0 saturated heterocycles. The van der Waals surface area contributed by atoms with E-state index < -0.39 is 0 Å². The number of hydrogen-bond acceptors (Lipinski definition) is 3. The molecule has 3 nitrogen and oxygen atoms in total. The van der Waals surface area contributed by atoms with Crippen molar-refractivity contribution in [3.63, 3.8) is 0 Å². The number of rotatable bonds is 2. The molecule has 1 fully saturated rings. The first kappa shape index (κ1) is 8.92. The molecule has 1 aromatic carbocycles. The molecule has 0 radical (unpaired) electrons. The Morgan fingerprint density at radius 2 is 2.27 bits per heavy atom. The van der Waals surface area contributed by atoms with E-state index in [1.807, 2.05) is 6.07 Å². The summed E-state index contributed by atoms with van der Waals surface area (Å²) in [5.74, 6) is 1.67. The normalized spacial score (nSPS) is 16.9. The quantitative estimate of drug-likeness (QED) is 0.814. The van der Waals surface area contributed by atoms with Gasteiger partial charge in [0.15, 0.2) is 0 Å². The first-order valence-corrected chi connectivity index (χ1v) is 5.47. The van der Waals surface area contributed by atoms with Crippen LogP contribution >= 0.6 is 0 Å². The highest BCUT2D eigenvalue weighted by molar-refractivity contribution is 5.81. The lowest BCUT2D eigenvalue weighted by molar-refractivity contribution is 0.305. The molecule has 0 amide bonds. The van der Waals surface area contributed by atoms with E-state index in [-0.39, 0.29) is 0 Å². The van der Waals surface area contributed by atoms with Gasteiger partial charge in [-0.05, 0) is 30.5 Å². The molecule has 1 saturated carbocycles. The third kappa shape index (κ3) is 1.35. The molecular formula is C12H14N2O. The summed E-state index contributed by atoms with van der Waals surface area (Å²) in [5.41, 5.74) is 7.64. The molecular weight excluding hydrogens is 188 g/mol. The third-order valence-electron chi connectivity index (χ3n) is 3.28. The summed E-state index contributed by atoms with van der Waals surface area (Å²) in [4.78, 5) is 0. The molecule has 3 rings (SSSR count). The molecule has 15 heavy (non-hydrogen) atoms. The average Bonchev–Trinajstić information content (AvgIpc) is 2.59. The number of fused-ring (bicyclic) bond motifs is 1. The summed E-state index contributed by atoms with van der Waals surface area (Å²) < 4.78 is 5.43. The van der Waals surface area contributed by atoms with Crippen LogP contribution in [-0.4, -0.2) is 5.16 Å². The van der Waals surface area contributed by atoms with Gasteiger partial charge in [0.05, 0.1) is 0 Å². The van der Waals surface area contributed by atoms with Gasteiger partial charge in [-0.15, -0.1) is 0 Å². The zero-order valence-electron chi connectivity index (χ0n) is 8.57. The topological polar surface area (TPSA) is 52.0 Å². The Morgan fingerprint density at radius 1 is 1.40 bits per heavy atom. The van der Waals surface area contributed by atoms with Gasteiger partial charge < -0.3 is 10.3 Å². The van der Waals surface area contributed by atoms with E-state index in [1.54, 1.807) is 0 Å². The SMILES string of the molecule is NCc1ccc2c(C3CCC3)onc2c1. The van der Waals surface area contributed by atoms with Crippen molar-refractivity contribution in [2.24, 2.45) is 5.73 Å². The Balaban J connectivity index is 2.09. The van der Waals surface area contributed by atoms with Crippen LogP contribution in [0.15, 0.2) is 22.7 Å². The van der Waals surface area contributed by atoms with Crippen LogP contribution < -0.4 is 5.73 Å². The van der Waals surface area contributed by atoms with E-state index >= 15 is 0 Å². The van der Waals surface area contributed by atoms with Crippen LogP contribution in [0, 0.1) is 0 Å². The van der Waals surface area contributed by atoms with Crippen molar-refractivity contribution in [2.75, 3.05) is 0 Å². The molecule has 1 aromatic heterocycles. The van der Waals surface area contributed by atoms with Crippen LogP contribution in [0.3, 0.4) is 0 Å². The maximum absolute atomic E-state index is 5.59. The van der Waals surface area contributed by atoms with Gasteiger partial charge >= 0.3 is 0 Å². The Kier molecular flexibility index (Phi) is 1.99. The van der Waals surface area contributed by atoms with Crippen molar-refractivity contribution < 1.29 is 4.52 Å². The van der Waals surface area contributed by atoms with Gasteiger partial charge in [0.25, 0.3) is 0 Å². The summed E-state index contributed by atoms with van der Waals surface area (Å²) in [6.45, 7) is 0.557. The Hall–Kier alpha value is -1.35. The van der Waals surface area contributed by atoms with Gasteiger partial charge in [-0.25, -0.2) is 0 Å². The van der Waals surface area contributed by atoms with Gasteiger partial charge in [-0.1, -0.05) is 17.6 Å². The van der Waals surface area contributed by atoms with E-state index in [0.717, 1.165) is 22.2 Å². The number of hydrogen-bond donors (Lipinski definition) is 1. The van der Waals surface area contributed by atoms with E-state index in [4.69, 9.17) is 10.3 Å². The molecule has 2 N–H and O–H groups in total. The highest BCUT2D eigenvalue weighted by atomic mass is 16.5. The fraction of sp³-hybridized carbons (Fsp3) is 0.417. The highest BCUT2D eigenvalue weighted by Gasteiger charge is 2.25. The second kappa shape index (κ2) is 3.35. The molecule has 0 unspecified atom stereocenters. The first-order chi connectivity index (χ1) is 7.38. The maximum atomic E-state index is 5.59. The second-order valence-electron chi connectivity index (χ2n) is 4.23. The van der Waals surface area contributed by atoms with Gasteiger partial charge in [0, 0.05) is 17.8 Å². The van der Waals surface area contributed by atoms with Gasteiger partial charge in [-0.2, -0.15) is 0 Å². The van der Waals surface area contributed by atoms with Crippen molar-refractivity contribution in [2.45, 2.75) is 31.7 Å². The predicted octanol–water partition coefficient (Wildman–Crippen LogP) is 2.55. The number of aromatic nitrogens is 1. The van der Waals surface area contributed by atoms with Crippen molar-refractivity contribution in [1.82, 2.24) is 5.16 Å². The summed E-state index contributed by atoms with van der Waals surface area (Å²) in [5, 5.41) is 5.26. The summed E-state index contributed by atoms with van der Waals surface area (Å²) in [6.07, 6.45) is 3.79. The molecule has 0 bridgehead atoms. The molecule has 0 spiro atoms. The summed E-state index contributed by atoms with van der Waals surface area (Å²) in [7, 11) is 0. The molecule has 1 aliphatic rings. The van der Waals surface area contributed by atoms with E-state index in [1.165, 1.54) is 19.3 Å². The van der Waals surface area contributed by atoms with Crippen LogP contribution in [0.1, 0.15) is 36.5 Å². The lowest BCUT2D eigenvalue weighted by atomic mass is 9.82. The highest BCUT2D eigenvalue weighted by Crippen LogP contribution is 2.39. The van der Waals surface area contributed by atoms with Gasteiger partial charge in [0.2, 0.25) is 0 Å². The smallest absolute Gasteiger partial charge is 0.147 e. The van der Waals surface area contributed by atoms with Crippen molar-refractivity contribution in [3.8, 4) is 0 Å².